The Kier molecular flexibility index (Phi) is 3.09. The molecule has 1 aromatic rings. The van der Waals surface area contributed by atoms with Crippen molar-refractivity contribution in [1.82, 2.24) is 4.90 Å². The van der Waals surface area contributed by atoms with E-state index in [1.807, 2.05) is 12.1 Å². The van der Waals surface area contributed by atoms with Crippen molar-refractivity contribution < 1.29 is 0 Å². The van der Waals surface area contributed by atoms with Crippen LogP contribution in [0, 0.1) is 0 Å². The fraction of sp³-hybridized carbons (Fsp3) is 0.500. The minimum absolute atomic E-state index is 0.739. The Morgan fingerprint density at radius 3 is 2.29 bits per heavy atom. The quantitative estimate of drug-likeness (QED) is 0.687. The summed E-state index contributed by atoms with van der Waals surface area (Å²) in [5, 5.41) is 0.835. The Morgan fingerprint density at radius 1 is 1.14 bits per heavy atom. The van der Waals surface area contributed by atoms with Crippen molar-refractivity contribution in [1.29, 1.82) is 0 Å². The van der Waals surface area contributed by atoms with Gasteiger partial charge in [0.2, 0.25) is 0 Å². The molecule has 14 heavy (non-hydrogen) atoms. The maximum Gasteiger partial charge on any atom is 0.0406 e. The molecule has 0 aliphatic carbocycles. The van der Waals surface area contributed by atoms with Gasteiger partial charge in [-0.25, -0.2) is 0 Å². The average molecular weight is 210 g/mol. The summed E-state index contributed by atoms with van der Waals surface area (Å²) in [6, 6.07) is 8.32. The van der Waals surface area contributed by atoms with E-state index in [0.717, 1.165) is 10.9 Å². The third kappa shape index (κ3) is 2.28. The summed E-state index contributed by atoms with van der Waals surface area (Å²) in [7, 11) is 2.19. The first kappa shape index (κ1) is 10.0. The maximum atomic E-state index is 5.87. The molecule has 0 amide bonds. The molecule has 0 atom stereocenters. The molecule has 1 heterocycles. The van der Waals surface area contributed by atoms with Gasteiger partial charge in [0.25, 0.3) is 0 Å². The van der Waals surface area contributed by atoms with Crippen LogP contribution in [0.2, 0.25) is 5.02 Å². The van der Waals surface area contributed by atoms with Crippen LogP contribution in [0.25, 0.3) is 0 Å². The molecule has 2 rings (SSSR count). The molecule has 0 bridgehead atoms. The van der Waals surface area contributed by atoms with Crippen LogP contribution in [0.15, 0.2) is 24.3 Å². The van der Waals surface area contributed by atoms with Gasteiger partial charge in [-0.3, -0.25) is 0 Å². The summed E-state index contributed by atoms with van der Waals surface area (Å²) in [5.74, 6) is 0.739. The number of hydrogen-bond donors (Lipinski definition) is 0. The molecule has 1 aliphatic rings. The zero-order valence-electron chi connectivity index (χ0n) is 8.54. The zero-order valence-corrected chi connectivity index (χ0v) is 9.30. The van der Waals surface area contributed by atoms with Gasteiger partial charge >= 0.3 is 0 Å². The SMILES string of the molecule is CN1CCC(c2ccc(Cl)cc2)CC1. The molecule has 0 saturated carbocycles. The minimum atomic E-state index is 0.739. The predicted octanol–water partition coefficient (Wildman–Crippen LogP) is 3.15. The van der Waals surface area contributed by atoms with Crippen molar-refractivity contribution in [3.63, 3.8) is 0 Å². The second-order valence-electron chi connectivity index (χ2n) is 4.13. The van der Waals surface area contributed by atoms with Crippen molar-refractivity contribution in [3.05, 3.63) is 34.9 Å². The highest BCUT2D eigenvalue weighted by Crippen LogP contribution is 2.27. The molecule has 1 saturated heterocycles. The van der Waals surface area contributed by atoms with Crippen LogP contribution in [0.4, 0.5) is 0 Å². The van der Waals surface area contributed by atoms with Gasteiger partial charge in [-0.15, -0.1) is 0 Å². The number of benzene rings is 1. The summed E-state index contributed by atoms with van der Waals surface area (Å²) in [4.78, 5) is 2.40. The first-order valence-electron chi connectivity index (χ1n) is 5.20. The third-order valence-corrected chi connectivity index (χ3v) is 3.31. The molecule has 76 valence electrons. The van der Waals surface area contributed by atoms with Gasteiger partial charge in [0, 0.05) is 5.02 Å². The van der Waals surface area contributed by atoms with E-state index in [-0.39, 0.29) is 0 Å². The van der Waals surface area contributed by atoms with Crippen LogP contribution in [0.1, 0.15) is 24.3 Å². The van der Waals surface area contributed by atoms with Crippen LogP contribution < -0.4 is 0 Å². The van der Waals surface area contributed by atoms with E-state index in [1.54, 1.807) is 0 Å². The van der Waals surface area contributed by atoms with Crippen molar-refractivity contribution in [2.24, 2.45) is 0 Å². The molecular formula is C12H16ClN. The lowest BCUT2D eigenvalue weighted by Crippen LogP contribution is -2.29. The molecule has 0 radical (unpaired) electrons. The summed E-state index contributed by atoms with van der Waals surface area (Å²) in [6.45, 7) is 2.43. The number of piperidine rings is 1. The second kappa shape index (κ2) is 4.33. The maximum absolute atomic E-state index is 5.87. The Labute approximate surface area is 90.7 Å². The molecule has 1 aromatic carbocycles. The number of hydrogen-bond acceptors (Lipinski definition) is 1. The smallest absolute Gasteiger partial charge is 0.0406 e. The van der Waals surface area contributed by atoms with E-state index in [9.17, 15) is 0 Å². The highest BCUT2D eigenvalue weighted by Gasteiger charge is 2.17. The highest BCUT2D eigenvalue weighted by molar-refractivity contribution is 6.30. The molecular weight excluding hydrogens is 194 g/mol. The van der Waals surface area contributed by atoms with Gasteiger partial charge in [-0.2, -0.15) is 0 Å². The Morgan fingerprint density at radius 2 is 1.71 bits per heavy atom. The van der Waals surface area contributed by atoms with E-state index >= 15 is 0 Å². The largest absolute Gasteiger partial charge is 0.306 e. The van der Waals surface area contributed by atoms with Crippen molar-refractivity contribution in [2.75, 3.05) is 20.1 Å². The van der Waals surface area contributed by atoms with Gasteiger partial charge in [0.15, 0.2) is 0 Å². The molecule has 1 nitrogen and oxygen atoms in total. The molecule has 0 unspecified atom stereocenters. The second-order valence-corrected chi connectivity index (χ2v) is 4.57. The molecule has 1 fully saturated rings. The molecule has 1 aliphatic heterocycles. The lowest BCUT2D eigenvalue weighted by atomic mass is 9.90. The van der Waals surface area contributed by atoms with E-state index < -0.39 is 0 Å². The standard InChI is InChI=1S/C12H16ClN/c1-14-8-6-11(7-9-14)10-2-4-12(13)5-3-10/h2-5,11H,6-9H2,1H3. The van der Waals surface area contributed by atoms with Gasteiger partial charge in [0.1, 0.15) is 0 Å². The normalized spacial score (nSPS) is 19.9. The topological polar surface area (TPSA) is 3.24 Å². The van der Waals surface area contributed by atoms with Gasteiger partial charge in [-0.05, 0) is 56.6 Å². The van der Waals surface area contributed by atoms with Crippen molar-refractivity contribution in [3.8, 4) is 0 Å². The molecule has 2 heteroatoms. The summed E-state index contributed by atoms with van der Waals surface area (Å²) in [6.07, 6.45) is 2.55. The lowest BCUT2D eigenvalue weighted by molar-refractivity contribution is 0.255. The first-order valence-corrected chi connectivity index (χ1v) is 5.57. The van der Waals surface area contributed by atoms with Crippen LogP contribution in [0.3, 0.4) is 0 Å². The predicted molar refractivity (Wildman–Crippen MR) is 60.9 cm³/mol. The molecule has 0 spiro atoms. The van der Waals surface area contributed by atoms with Crippen LogP contribution in [-0.4, -0.2) is 25.0 Å². The number of rotatable bonds is 1. The third-order valence-electron chi connectivity index (χ3n) is 3.06. The van der Waals surface area contributed by atoms with E-state index in [0.29, 0.717) is 0 Å². The number of nitrogens with zero attached hydrogens (tertiary/aromatic N) is 1. The lowest BCUT2D eigenvalue weighted by Gasteiger charge is -2.29. The summed E-state index contributed by atoms with van der Waals surface area (Å²) in [5.41, 5.74) is 1.45. The zero-order chi connectivity index (χ0) is 9.97. The summed E-state index contributed by atoms with van der Waals surface area (Å²) >= 11 is 5.87. The molecule has 0 aromatic heterocycles. The van der Waals surface area contributed by atoms with Gasteiger partial charge in [-0.1, -0.05) is 23.7 Å². The minimum Gasteiger partial charge on any atom is -0.306 e. The Bertz CT molecular complexity index is 286. The fourth-order valence-corrected chi connectivity index (χ4v) is 2.20. The monoisotopic (exact) mass is 209 g/mol. The molecule has 0 N–H and O–H groups in total. The van der Waals surface area contributed by atoms with Crippen LogP contribution in [0.5, 0.6) is 0 Å². The van der Waals surface area contributed by atoms with Crippen molar-refractivity contribution in [2.45, 2.75) is 18.8 Å². The van der Waals surface area contributed by atoms with E-state index in [4.69, 9.17) is 11.6 Å². The van der Waals surface area contributed by atoms with Crippen LogP contribution >= 0.6 is 11.6 Å². The highest BCUT2D eigenvalue weighted by atomic mass is 35.5. The Hall–Kier alpha value is -0.530. The van der Waals surface area contributed by atoms with Crippen LogP contribution in [-0.2, 0) is 0 Å². The summed E-state index contributed by atoms with van der Waals surface area (Å²) < 4.78 is 0. The number of halogens is 1. The fourth-order valence-electron chi connectivity index (χ4n) is 2.08. The first-order chi connectivity index (χ1) is 6.75. The van der Waals surface area contributed by atoms with E-state index in [1.165, 1.54) is 31.5 Å². The van der Waals surface area contributed by atoms with Crippen molar-refractivity contribution >= 4 is 11.6 Å². The number of likely N-dealkylation sites (tertiary alicyclic amines) is 1. The Balaban J connectivity index is 2.05. The average Bonchev–Trinajstić information content (AvgIpc) is 2.21. The van der Waals surface area contributed by atoms with E-state index in [2.05, 4.69) is 24.1 Å². The van der Waals surface area contributed by atoms with Gasteiger partial charge < -0.3 is 4.90 Å². The van der Waals surface area contributed by atoms with Gasteiger partial charge in [0.05, 0.1) is 0 Å².